The number of carbonyl (C=O) groups excluding carboxylic acids is 1. The molecule has 3 heteroatoms. The van der Waals surface area contributed by atoms with Crippen molar-refractivity contribution in [3.8, 4) is 11.8 Å². The summed E-state index contributed by atoms with van der Waals surface area (Å²) in [6, 6.07) is 5.15. The molecular formula is C11H11NO2. The number of carbonyl (C=O) groups is 1. The van der Waals surface area contributed by atoms with Gasteiger partial charge in [-0.1, -0.05) is 17.9 Å². The largest absolute Gasteiger partial charge is 0.384 e. The third-order valence-electron chi connectivity index (χ3n) is 1.90. The lowest BCUT2D eigenvalue weighted by Gasteiger charge is -2.02. The fourth-order valence-corrected chi connectivity index (χ4v) is 1.17. The summed E-state index contributed by atoms with van der Waals surface area (Å²) in [5, 5.41) is 8.53. The maximum Gasteiger partial charge on any atom is 0.249 e. The summed E-state index contributed by atoms with van der Waals surface area (Å²) in [6.45, 7) is 1.59. The maximum atomic E-state index is 11.0. The van der Waals surface area contributed by atoms with E-state index in [-0.39, 0.29) is 6.61 Å². The van der Waals surface area contributed by atoms with Crippen molar-refractivity contribution in [1.82, 2.24) is 0 Å². The lowest BCUT2D eigenvalue weighted by Crippen LogP contribution is -2.13. The third-order valence-corrected chi connectivity index (χ3v) is 1.90. The summed E-state index contributed by atoms with van der Waals surface area (Å²) in [5.74, 6) is 4.81. The van der Waals surface area contributed by atoms with Gasteiger partial charge >= 0.3 is 0 Å². The predicted molar refractivity (Wildman–Crippen MR) is 53.7 cm³/mol. The highest BCUT2D eigenvalue weighted by Crippen LogP contribution is 2.11. The van der Waals surface area contributed by atoms with Crippen LogP contribution in [0, 0.1) is 18.8 Å². The van der Waals surface area contributed by atoms with Gasteiger partial charge in [0.1, 0.15) is 6.61 Å². The first-order chi connectivity index (χ1) is 6.66. The van der Waals surface area contributed by atoms with Crippen molar-refractivity contribution in [3.05, 3.63) is 34.9 Å². The van der Waals surface area contributed by atoms with E-state index in [0.717, 1.165) is 11.1 Å². The average molecular weight is 189 g/mol. The van der Waals surface area contributed by atoms with E-state index in [1.165, 1.54) is 0 Å². The van der Waals surface area contributed by atoms with Crippen molar-refractivity contribution in [1.29, 1.82) is 0 Å². The molecule has 0 heterocycles. The van der Waals surface area contributed by atoms with Gasteiger partial charge in [-0.05, 0) is 24.6 Å². The number of nitrogens with two attached hydrogens (primary N) is 1. The molecule has 3 nitrogen and oxygen atoms in total. The Bertz CT molecular complexity index is 413. The molecule has 1 aromatic carbocycles. The van der Waals surface area contributed by atoms with E-state index in [0.29, 0.717) is 5.56 Å². The second-order valence-corrected chi connectivity index (χ2v) is 2.80. The minimum absolute atomic E-state index is 0.194. The van der Waals surface area contributed by atoms with Crippen LogP contribution in [0.15, 0.2) is 18.2 Å². The van der Waals surface area contributed by atoms with Crippen LogP contribution in [0.25, 0.3) is 0 Å². The van der Waals surface area contributed by atoms with E-state index in [9.17, 15) is 4.79 Å². The topological polar surface area (TPSA) is 63.3 Å². The highest BCUT2D eigenvalue weighted by atomic mass is 16.2. The third kappa shape index (κ3) is 2.12. The molecule has 0 atom stereocenters. The molecule has 1 amide bonds. The summed E-state index contributed by atoms with van der Waals surface area (Å²) in [4.78, 5) is 11.0. The maximum absolute atomic E-state index is 11.0. The first-order valence-corrected chi connectivity index (χ1v) is 4.16. The average Bonchev–Trinajstić information content (AvgIpc) is 2.16. The number of aliphatic hydroxyl groups excluding tert-OH is 1. The van der Waals surface area contributed by atoms with Gasteiger partial charge in [0.05, 0.1) is 0 Å². The molecule has 1 aromatic rings. The van der Waals surface area contributed by atoms with Crippen LogP contribution in [-0.4, -0.2) is 17.6 Å². The van der Waals surface area contributed by atoms with Crippen LogP contribution in [0.3, 0.4) is 0 Å². The summed E-state index contributed by atoms with van der Waals surface area (Å²) in [6.07, 6.45) is 0. The van der Waals surface area contributed by atoms with Crippen LogP contribution < -0.4 is 5.73 Å². The molecule has 0 fully saturated rings. The van der Waals surface area contributed by atoms with E-state index >= 15 is 0 Å². The summed E-state index contributed by atoms with van der Waals surface area (Å²) in [5.41, 5.74) is 7.11. The van der Waals surface area contributed by atoms with Crippen LogP contribution in [0.1, 0.15) is 21.5 Å². The molecule has 0 aliphatic heterocycles. The van der Waals surface area contributed by atoms with Gasteiger partial charge in [-0.15, -0.1) is 0 Å². The Balaban J connectivity index is 3.20. The lowest BCUT2D eigenvalue weighted by atomic mass is 10.0. The molecule has 0 radical (unpaired) electrons. The zero-order valence-electron chi connectivity index (χ0n) is 7.87. The fraction of sp³-hybridized carbons (Fsp3) is 0.182. The Morgan fingerprint density at radius 2 is 2.29 bits per heavy atom. The van der Waals surface area contributed by atoms with Crippen molar-refractivity contribution in [2.45, 2.75) is 6.92 Å². The molecule has 3 N–H and O–H groups in total. The van der Waals surface area contributed by atoms with E-state index in [1.54, 1.807) is 25.1 Å². The first kappa shape index (κ1) is 10.3. The summed E-state index contributed by atoms with van der Waals surface area (Å²) >= 11 is 0. The minimum Gasteiger partial charge on any atom is -0.384 e. The van der Waals surface area contributed by atoms with Crippen molar-refractivity contribution in [2.75, 3.05) is 6.61 Å². The highest BCUT2D eigenvalue weighted by molar-refractivity contribution is 5.94. The van der Waals surface area contributed by atoms with Gasteiger partial charge in [-0.3, -0.25) is 4.79 Å². The monoisotopic (exact) mass is 189 g/mol. The SMILES string of the molecule is Cc1c(C#CCO)cccc1C(N)=O. The van der Waals surface area contributed by atoms with Gasteiger partial charge in [0.25, 0.3) is 0 Å². The Morgan fingerprint density at radius 3 is 2.86 bits per heavy atom. The van der Waals surface area contributed by atoms with E-state index in [2.05, 4.69) is 11.8 Å². The first-order valence-electron chi connectivity index (χ1n) is 4.16. The molecule has 72 valence electrons. The van der Waals surface area contributed by atoms with Gasteiger partial charge in [-0.25, -0.2) is 0 Å². The van der Waals surface area contributed by atoms with Gasteiger partial charge in [0, 0.05) is 11.1 Å². The predicted octanol–water partition coefficient (Wildman–Crippen LogP) is 0.438. The molecular weight excluding hydrogens is 178 g/mol. The van der Waals surface area contributed by atoms with Crippen molar-refractivity contribution < 1.29 is 9.90 Å². The number of benzene rings is 1. The molecule has 0 spiro atoms. The molecule has 0 saturated heterocycles. The molecule has 14 heavy (non-hydrogen) atoms. The second-order valence-electron chi connectivity index (χ2n) is 2.80. The van der Waals surface area contributed by atoms with Gasteiger partial charge in [0.2, 0.25) is 5.91 Å². The van der Waals surface area contributed by atoms with Crippen LogP contribution >= 0.6 is 0 Å². The number of hydrogen-bond acceptors (Lipinski definition) is 2. The number of primary amides is 1. The Labute approximate surface area is 82.6 Å². The molecule has 0 saturated carbocycles. The Hall–Kier alpha value is -1.79. The second kappa shape index (κ2) is 4.45. The molecule has 0 aromatic heterocycles. The van der Waals surface area contributed by atoms with E-state index in [1.807, 2.05) is 0 Å². The minimum atomic E-state index is -0.463. The van der Waals surface area contributed by atoms with E-state index in [4.69, 9.17) is 10.8 Å². The van der Waals surface area contributed by atoms with Crippen LogP contribution in [0.5, 0.6) is 0 Å². The normalized spacial score (nSPS) is 9.00. The fourth-order valence-electron chi connectivity index (χ4n) is 1.17. The van der Waals surface area contributed by atoms with Gasteiger partial charge in [0.15, 0.2) is 0 Å². The number of amides is 1. The summed E-state index contributed by atoms with van der Waals surface area (Å²) in [7, 11) is 0. The van der Waals surface area contributed by atoms with E-state index < -0.39 is 5.91 Å². The smallest absolute Gasteiger partial charge is 0.249 e. The van der Waals surface area contributed by atoms with Crippen molar-refractivity contribution >= 4 is 5.91 Å². The quantitative estimate of drug-likeness (QED) is 0.629. The Kier molecular flexibility index (Phi) is 3.27. The Morgan fingerprint density at radius 1 is 1.57 bits per heavy atom. The molecule has 0 aliphatic rings. The van der Waals surface area contributed by atoms with Crippen LogP contribution in [0.4, 0.5) is 0 Å². The molecule has 0 aliphatic carbocycles. The van der Waals surface area contributed by atoms with Crippen molar-refractivity contribution in [3.63, 3.8) is 0 Å². The zero-order valence-corrected chi connectivity index (χ0v) is 7.87. The van der Waals surface area contributed by atoms with Gasteiger partial charge in [-0.2, -0.15) is 0 Å². The molecule has 1 rings (SSSR count). The lowest BCUT2D eigenvalue weighted by molar-refractivity contribution is 0.0999. The standard InChI is InChI=1S/C11H11NO2/c1-8-9(5-3-7-13)4-2-6-10(8)11(12)14/h2,4,6,13H,7H2,1H3,(H2,12,14). The van der Waals surface area contributed by atoms with Crippen LogP contribution in [-0.2, 0) is 0 Å². The molecule has 0 unspecified atom stereocenters. The number of aliphatic hydroxyl groups is 1. The highest BCUT2D eigenvalue weighted by Gasteiger charge is 2.06. The zero-order chi connectivity index (χ0) is 10.6. The van der Waals surface area contributed by atoms with Crippen molar-refractivity contribution in [2.24, 2.45) is 5.73 Å². The van der Waals surface area contributed by atoms with Crippen LogP contribution in [0.2, 0.25) is 0 Å². The number of hydrogen-bond donors (Lipinski definition) is 2. The number of rotatable bonds is 1. The summed E-state index contributed by atoms with van der Waals surface area (Å²) < 4.78 is 0. The molecule has 0 bridgehead atoms. The van der Waals surface area contributed by atoms with Gasteiger partial charge < -0.3 is 10.8 Å².